The normalized spacial score (nSPS) is 22.2. The first-order valence-corrected chi connectivity index (χ1v) is 7.59. The van der Waals surface area contributed by atoms with E-state index in [4.69, 9.17) is 4.74 Å². The monoisotopic (exact) mass is 265 g/mol. The third-order valence-corrected chi connectivity index (χ3v) is 4.51. The molecule has 1 aliphatic heterocycles. The minimum atomic E-state index is -2.46. The SMILES string of the molecule is CCOC(=O)C1=C(C)N=S(C)(=O)c2ccccc21. The van der Waals surface area contributed by atoms with E-state index in [0.717, 1.165) is 0 Å². The van der Waals surface area contributed by atoms with Gasteiger partial charge in [0.05, 0.1) is 32.5 Å². The molecule has 0 N–H and O–H groups in total. The summed E-state index contributed by atoms with van der Waals surface area (Å²) in [6, 6.07) is 7.13. The highest BCUT2D eigenvalue weighted by Crippen LogP contribution is 2.33. The summed E-state index contributed by atoms with van der Waals surface area (Å²) >= 11 is 0. The second-order valence-electron chi connectivity index (χ2n) is 4.07. The number of benzene rings is 1. The zero-order chi connectivity index (χ0) is 13.3. The standard InChI is InChI=1S/C13H15NO3S/c1-4-17-13(15)12-9(2)14-18(3,16)11-8-6-5-7-10(11)12/h5-8H,4H2,1-3H3. The number of hydrogen-bond acceptors (Lipinski definition) is 4. The average molecular weight is 265 g/mol. The summed E-state index contributed by atoms with van der Waals surface area (Å²) in [5, 5.41) is 0. The van der Waals surface area contributed by atoms with Crippen LogP contribution in [0.5, 0.6) is 0 Å². The van der Waals surface area contributed by atoms with Crippen molar-refractivity contribution >= 4 is 21.3 Å². The smallest absolute Gasteiger partial charge is 0.340 e. The molecule has 0 amide bonds. The van der Waals surface area contributed by atoms with Gasteiger partial charge in [0.15, 0.2) is 0 Å². The summed E-state index contributed by atoms with van der Waals surface area (Å²) in [6.45, 7) is 3.74. The molecule has 1 aliphatic rings. The molecule has 0 saturated heterocycles. The molecule has 0 aliphatic carbocycles. The highest BCUT2D eigenvalue weighted by molar-refractivity contribution is 7.93. The van der Waals surface area contributed by atoms with Crippen molar-refractivity contribution in [1.29, 1.82) is 0 Å². The van der Waals surface area contributed by atoms with Gasteiger partial charge in [0.2, 0.25) is 0 Å². The third kappa shape index (κ3) is 2.06. The Balaban J connectivity index is 2.71. The van der Waals surface area contributed by atoms with Gasteiger partial charge in [-0.3, -0.25) is 0 Å². The number of esters is 1. The molecule has 2 rings (SSSR count). The van der Waals surface area contributed by atoms with Crippen molar-refractivity contribution in [3.05, 3.63) is 35.5 Å². The first-order valence-electron chi connectivity index (χ1n) is 5.67. The molecule has 1 heterocycles. The van der Waals surface area contributed by atoms with Crippen molar-refractivity contribution < 1.29 is 13.7 Å². The van der Waals surface area contributed by atoms with Gasteiger partial charge in [0, 0.05) is 11.8 Å². The lowest BCUT2D eigenvalue weighted by molar-refractivity contribution is -0.136. The Morgan fingerprint density at radius 2 is 2.06 bits per heavy atom. The van der Waals surface area contributed by atoms with Crippen LogP contribution in [0.25, 0.3) is 5.57 Å². The summed E-state index contributed by atoms with van der Waals surface area (Å²) in [6.07, 6.45) is 1.58. The van der Waals surface area contributed by atoms with Crippen molar-refractivity contribution in [2.45, 2.75) is 18.7 Å². The van der Waals surface area contributed by atoms with Gasteiger partial charge in [-0.1, -0.05) is 18.2 Å². The van der Waals surface area contributed by atoms with E-state index in [-0.39, 0.29) is 0 Å². The molecule has 1 aromatic carbocycles. The van der Waals surface area contributed by atoms with Crippen LogP contribution in [0, 0.1) is 0 Å². The van der Waals surface area contributed by atoms with Gasteiger partial charge >= 0.3 is 5.97 Å². The van der Waals surface area contributed by atoms with Crippen molar-refractivity contribution in [3.63, 3.8) is 0 Å². The van der Waals surface area contributed by atoms with E-state index in [0.29, 0.717) is 28.3 Å². The summed E-state index contributed by atoms with van der Waals surface area (Å²) in [7, 11) is -2.46. The van der Waals surface area contributed by atoms with Crippen molar-refractivity contribution in [2.24, 2.45) is 4.36 Å². The maximum absolute atomic E-state index is 12.4. The maximum Gasteiger partial charge on any atom is 0.340 e. The molecule has 96 valence electrons. The van der Waals surface area contributed by atoms with Crippen molar-refractivity contribution in [2.75, 3.05) is 12.9 Å². The largest absolute Gasteiger partial charge is 0.462 e. The van der Waals surface area contributed by atoms with Crippen LogP contribution in [0.1, 0.15) is 19.4 Å². The van der Waals surface area contributed by atoms with Gasteiger partial charge in [-0.2, -0.15) is 4.36 Å². The Bertz CT molecular complexity index is 652. The van der Waals surface area contributed by atoms with Gasteiger partial charge in [-0.15, -0.1) is 0 Å². The first-order chi connectivity index (χ1) is 8.47. The molecule has 0 bridgehead atoms. The average Bonchev–Trinajstić information content (AvgIpc) is 2.28. The zero-order valence-electron chi connectivity index (χ0n) is 10.6. The third-order valence-electron chi connectivity index (χ3n) is 2.72. The molecule has 1 atom stereocenters. The molecule has 0 radical (unpaired) electrons. The lowest BCUT2D eigenvalue weighted by atomic mass is 10.0. The fourth-order valence-corrected chi connectivity index (χ4v) is 3.64. The molecule has 1 unspecified atom stereocenters. The number of hydrogen-bond donors (Lipinski definition) is 0. The minimum absolute atomic E-state index is 0.305. The lowest BCUT2D eigenvalue weighted by Crippen LogP contribution is -2.15. The topological polar surface area (TPSA) is 55.7 Å². The van der Waals surface area contributed by atoms with Gasteiger partial charge in [0.1, 0.15) is 0 Å². The van der Waals surface area contributed by atoms with Gasteiger partial charge in [-0.05, 0) is 19.9 Å². The second-order valence-corrected chi connectivity index (χ2v) is 6.30. The fourth-order valence-electron chi connectivity index (χ4n) is 2.02. The van der Waals surface area contributed by atoms with Crippen LogP contribution >= 0.6 is 0 Å². The molecule has 1 aromatic rings. The fraction of sp³-hybridized carbons (Fsp3) is 0.308. The molecular formula is C13H15NO3S. The Kier molecular flexibility index (Phi) is 3.26. The van der Waals surface area contributed by atoms with Crippen LogP contribution < -0.4 is 0 Å². The van der Waals surface area contributed by atoms with E-state index in [9.17, 15) is 9.00 Å². The van der Waals surface area contributed by atoms with Crippen LogP contribution in [-0.4, -0.2) is 23.0 Å². The Morgan fingerprint density at radius 1 is 1.39 bits per heavy atom. The highest BCUT2D eigenvalue weighted by atomic mass is 32.2. The number of nitrogens with zero attached hydrogens (tertiary/aromatic N) is 1. The predicted molar refractivity (Wildman–Crippen MR) is 70.4 cm³/mol. The number of carbonyl (C=O) groups is 1. The lowest BCUT2D eigenvalue weighted by Gasteiger charge is -2.19. The predicted octanol–water partition coefficient (Wildman–Crippen LogP) is 2.45. The summed E-state index contributed by atoms with van der Waals surface area (Å²) < 4.78 is 21.6. The molecular weight excluding hydrogens is 250 g/mol. The zero-order valence-corrected chi connectivity index (χ0v) is 11.4. The van der Waals surface area contributed by atoms with Crippen LogP contribution in [0.15, 0.2) is 39.2 Å². The van der Waals surface area contributed by atoms with E-state index < -0.39 is 15.7 Å². The number of rotatable bonds is 2. The van der Waals surface area contributed by atoms with Gasteiger partial charge in [0.25, 0.3) is 0 Å². The van der Waals surface area contributed by atoms with E-state index in [1.807, 2.05) is 6.07 Å². The highest BCUT2D eigenvalue weighted by Gasteiger charge is 2.26. The van der Waals surface area contributed by atoms with E-state index in [1.165, 1.54) is 0 Å². The Hall–Kier alpha value is -1.62. The summed E-state index contributed by atoms with van der Waals surface area (Å²) in [5.74, 6) is -0.416. The summed E-state index contributed by atoms with van der Waals surface area (Å²) in [4.78, 5) is 12.5. The number of ether oxygens (including phenoxy) is 1. The Morgan fingerprint density at radius 3 is 2.72 bits per heavy atom. The molecule has 0 aromatic heterocycles. The van der Waals surface area contributed by atoms with Crippen LogP contribution in [0.2, 0.25) is 0 Å². The van der Waals surface area contributed by atoms with Gasteiger partial charge in [-0.25, -0.2) is 9.00 Å². The number of fused-ring (bicyclic) bond motifs is 1. The number of carbonyl (C=O) groups excluding carboxylic acids is 1. The molecule has 4 nitrogen and oxygen atoms in total. The second kappa shape index (κ2) is 4.57. The van der Waals surface area contributed by atoms with E-state index >= 15 is 0 Å². The van der Waals surface area contributed by atoms with Gasteiger partial charge < -0.3 is 4.74 Å². The summed E-state index contributed by atoms with van der Waals surface area (Å²) in [5.41, 5.74) is 1.55. The molecule has 0 fully saturated rings. The van der Waals surface area contributed by atoms with Crippen LogP contribution in [-0.2, 0) is 19.3 Å². The van der Waals surface area contributed by atoms with E-state index in [1.54, 1.807) is 38.3 Å². The first kappa shape index (κ1) is 12.8. The molecule has 0 saturated carbocycles. The molecule has 5 heteroatoms. The minimum Gasteiger partial charge on any atom is -0.462 e. The number of allylic oxidation sites excluding steroid dienone is 1. The Labute approximate surface area is 107 Å². The van der Waals surface area contributed by atoms with E-state index in [2.05, 4.69) is 4.36 Å². The van der Waals surface area contributed by atoms with Crippen molar-refractivity contribution in [1.82, 2.24) is 0 Å². The maximum atomic E-state index is 12.4. The molecule has 18 heavy (non-hydrogen) atoms. The molecule has 0 spiro atoms. The quantitative estimate of drug-likeness (QED) is 0.772. The van der Waals surface area contributed by atoms with Crippen molar-refractivity contribution in [3.8, 4) is 0 Å². The van der Waals surface area contributed by atoms with Crippen LogP contribution in [0.3, 0.4) is 0 Å². The van der Waals surface area contributed by atoms with Crippen LogP contribution in [0.4, 0.5) is 0 Å².